The summed E-state index contributed by atoms with van der Waals surface area (Å²) in [5.41, 5.74) is 1.21. The molecular formula is C21H19N3O6S. The molecule has 1 unspecified atom stereocenters. The number of amidine groups is 1. The summed E-state index contributed by atoms with van der Waals surface area (Å²) in [6.07, 6.45) is 1.16. The number of carboxylic acid groups (broad SMARTS) is 1. The maximum absolute atomic E-state index is 12.2. The molecule has 31 heavy (non-hydrogen) atoms. The molecule has 1 aliphatic heterocycles. The zero-order chi connectivity index (χ0) is 22.2. The number of ketones is 1. The second-order valence-electron chi connectivity index (χ2n) is 6.33. The lowest BCUT2D eigenvalue weighted by atomic mass is 10.1. The van der Waals surface area contributed by atoms with Gasteiger partial charge in [-0.25, -0.2) is 0 Å². The Morgan fingerprint density at radius 3 is 2.68 bits per heavy atom. The summed E-state index contributed by atoms with van der Waals surface area (Å²) < 4.78 is 10.9. The number of amides is 1. The van der Waals surface area contributed by atoms with Gasteiger partial charge in [-0.15, -0.1) is 5.10 Å². The average molecular weight is 441 g/mol. The molecular weight excluding hydrogens is 422 g/mol. The number of carbonyl (C=O) groups is 3. The number of nitrogens with zero attached hydrogens (tertiary/aromatic N) is 2. The number of carboxylic acids is 1. The van der Waals surface area contributed by atoms with Crippen molar-refractivity contribution >= 4 is 40.8 Å². The van der Waals surface area contributed by atoms with Gasteiger partial charge in [-0.2, -0.15) is 5.10 Å². The predicted molar refractivity (Wildman–Crippen MR) is 116 cm³/mol. The van der Waals surface area contributed by atoms with E-state index in [0.29, 0.717) is 22.6 Å². The third kappa shape index (κ3) is 6.16. The van der Waals surface area contributed by atoms with Crippen molar-refractivity contribution < 1.29 is 29.0 Å². The molecule has 0 aliphatic carbocycles. The van der Waals surface area contributed by atoms with Crippen molar-refractivity contribution in [1.29, 1.82) is 0 Å². The minimum absolute atomic E-state index is 0.129. The molecule has 3 rings (SSSR count). The number of carbonyl (C=O) groups excluding carboxylic acids is 2. The summed E-state index contributed by atoms with van der Waals surface area (Å²) >= 11 is 1.02. The number of hydrogen-bond acceptors (Lipinski definition) is 8. The molecule has 1 saturated heterocycles. The van der Waals surface area contributed by atoms with Gasteiger partial charge in [-0.3, -0.25) is 14.4 Å². The van der Waals surface area contributed by atoms with E-state index in [1.165, 1.54) is 13.3 Å². The zero-order valence-electron chi connectivity index (χ0n) is 16.5. The Hall–Kier alpha value is -3.66. The molecule has 2 aromatic rings. The van der Waals surface area contributed by atoms with Crippen LogP contribution in [0, 0.1) is 0 Å². The quantitative estimate of drug-likeness (QED) is 0.347. The number of hydrogen-bond donors (Lipinski definition) is 2. The molecule has 0 aromatic heterocycles. The number of benzene rings is 2. The molecule has 0 bridgehead atoms. The number of Topliss-reactive ketones (excluding diaryl/α,β-unsaturated/α-hetero) is 1. The smallest absolute Gasteiger partial charge is 0.305 e. The molecule has 1 atom stereocenters. The number of thioether (sulfide) groups is 1. The first-order valence-electron chi connectivity index (χ1n) is 9.15. The second-order valence-corrected chi connectivity index (χ2v) is 7.52. The summed E-state index contributed by atoms with van der Waals surface area (Å²) in [6, 6.07) is 13.9. The SMILES string of the molecule is COc1cc(C=NN=C2NC(=O)C(CC(=O)O)S2)ccc1OCC(=O)c1ccccc1. The third-order valence-electron chi connectivity index (χ3n) is 4.13. The van der Waals surface area contributed by atoms with Crippen LogP contribution in [-0.2, 0) is 9.59 Å². The van der Waals surface area contributed by atoms with Crippen LogP contribution in [0.2, 0.25) is 0 Å². The van der Waals surface area contributed by atoms with E-state index in [2.05, 4.69) is 15.5 Å². The summed E-state index contributed by atoms with van der Waals surface area (Å²) in [5.74, 6) is -0.791. The fraction of sp³-hybridized carbons (Fsp3) is 0.190. The van der Waals surface area contributed by atoms with Crippen LogP contribution < -0.4 is 14.8 Å². The van der Waals surface area contributed by atoms with E-state index in [-0.39, 0.29) is 24.0 Å². The van der Waals surface area contributed by atoms with E-state index in [0.717, 1.165) is 11.8 Å². The largest absolute Gasteiger partial charge is 0.493 e. The topological polar surface area (TPSA) is 127 Å². The van der Waals surface area contributed by atoms with Crippen LogP contribution in [0.15, 0.2) is 58.7 Å². The molecule has 0 radical (unpaired) electrons. The molecule has 160 valence electrons. The number of rotatable bonds is 9. The van der Waals surface area contributed by atoms with Gasteiger partial charge in [0.05, 0.1) is 19.7 Å². The van der Waals surface area contributed by atoms with Gasteiger partial charge >= 0.3 is 5.97 Å². The lowest BCUT2D eigenvalue weighted by Crippen LogP contribution is -2.26. The predicted octanol–water partition coefficient (Wildman–Crippen LogP) is 2.35. The van der Waals surface area contributed by atoms with Gasteiger partial charge < -0.3 is 19.9 Å². The normalized spacial score (nSPS) is 17.0. The fourth-order valence-electron chi connectivity index (χ4n) is 2.63. The summed E-state index contributed by atoms with van der Waals surface area (Å²) in [7, 11) is 1.48. The number of ether oxygens (including phenoxy) is 2. The highest BCUT2D eigenvalue weighted by molar-refractivity contribution is 8.15. The van der Waals surface area contributed by atoms with E-state index in [4.69, 9.17) is 14.6 Å². The van der Waals surface area contributed by atoms with Crippen molar-refractivity contribution in [3.63, 3.8) is 0 Å². The first kappa shape index (κ1) is 22.0. The van der Waals surface area contributed by atoms with Crippen LogP contribution in [0.5, 0.6) is 11.5 Å². The van der Waals surface area contributed by atoms with Crippen molar-refractivity contribution in [1.82, 2.24) is 5.32 Å². The van der Waals surface area contributed by atoms with Crippen molar-refractivity contribution in [2.75, 3.05) is 13.7 Å². The van der Waals surface area contributed by atoms with Crippen molar-refractivity contribution in [2.24, 2.45) is 10.2 Å². The second kappa shape index (κ2) is 10.4. The van der Waals surface area contributed by atoms with Gasteiger partial charge in [0.1, 0.15) is 5.25 Å². The van der Waals surface area contributed by atoms with Crippen LogP contribution in [0.1, 0.15) is 22.3 Å². The highest BCUT2D eigenvalue weighted by Gasteiger charge is 2.32. The Morgan fingerprint density at radius 2 is 1.97 bits per heavy atom. The highest BCUT2D eigenvalue weighted by atomic mass is 32.2. The molecule has 9 nitrogen and oxygen atoms in total. The number of nitrogens with one attached hydrogen (secondary N) is 1. The molecule has 10 heteroatoms. The maximum Gasteiger partial charge on any atom is 0.305 e. The molecule has 2 N–H and O–H groups in total. The highest BCUT2D eigenvalue weighted by Crippen LogP contribution is 2.28. The molecule has 0 spiro atoms. The maximum atomic E-state index is 12.2. The van der Waals surface area contributed by atoms with Crippen LogP contribution in [0.4, 0.5) is 0 Å². The third-order valence-corrected chi connectivity index (χ3v) is 5.21. The molecule has 2 aromatic carbocycles. The molecule has 0 saturated carbocycles. The molecule has 1 fully saturated rings. The lowest BCUT2D eigenvalue weighted by molar-refractivity contribution is -0.138. The van der Waals surface area contributed by atoms with E-state index >= 15 is 0 Å². The van der Waals surface area contributed by atoms with Crippen LogP contribution in [0.3, 0.4) is 0 Å². The molecule has 1 heterocycles. The Bertz CT molecular complexity index is 1040. The Balaban J connectivity index is 1.61. The van der Waals surface area contributed by atoms with Gasteiger partial charge in [0.15, 0.2) is 29.1 Å². The first-order chi connectivity index (χ1) is 15.0. The minimum Gasteiger partial charge on any atom is -0.493 e. The standard InChI is InChI=1S/C21H19N3O6S/c1-29-17-9-13(11-22-24-21-23-20(28)18(31-21)10-19(26)27)7-8-16(17)30-12-15(25)14-5-3-2-4-6-14/h2-9,11,18H,10,12H2,1H3,(H,26,27)(H,23,24,28). The van der Waals surface area contributed by atoms with Crippen LogP contribution in [0.25, 0.3) is 0 Å². The Labute approximate surface area is 182 Å². The monoisotopic (exact) mass is 441 g/mol. The average Bonchev–Trinajstić information content (AvgIpc) is 3.11. The van der Waals surface area contributed by atoms with Gasteiger partial charge in [0.25, 0.3) is 0 Å². The zero-order valence-corrected chi connectivity index (χ0v) is 17.3. The minimum atomic E-state index is -1.06. The van der Waals surface area contributed by atoms with E-state index in [9.17, 15) is 14.4 Å². The van der Waals surface area contributed by atoms with Crippen molar-refractivity contribution in [2.45, 2.75) is 11.7 Å². The Morgan fingerprint density at radius 1 is 1.19 bits per heavy atom. The van der Waals surface area contributed by atoms with E-state index < -0.39 is 17.1 Å². The summed E-state index contributed by atoms with van der Waals surface area (Å²) in [6.45, 7) is -0.129. The lowest BCUT2D eigenvalue weighted by Gasteiger charge is -2.10. The fourth-order valence-corrected chi connectivity index (χ4v) is 3.54. The van der Waals surface area contributed by atoms with Crippen LogP contribution >= 0.6 is 11.8 Å². The van der Waals surface area contributed by atoms with Crippen LogP contribution in [-0.4, -0.2) is 53.1 Å². The van der Waals surface area contributed by atoms with E-state index in [1.807, 2.05) is 6.07 Å². The van der Waals surface area contributed by atoms with Gasteiger partial charge in [0.2, 0.25) is 5.91 Å². The van der Waals surface area contributed by atoms with Crippen molar-refractivity contribution in [3.05, 3.63) is 59.7 Å². The Kier molecular flexibility index (Phi) is 7.39. The summed E-state index contributed by atoms with van der Waals surface area (Å²) in [5, 5.41) is 18.6. The summed E-state index contributed by atoms with van der Waals surface area (Å²) in [4.78, 5) is 34.6. The van der Waals surface area contributed by atoms with Crippen molar-refractivity contribution in [3.8, 4) is 11.5 Å². The number of methoxy groups -OCH3 is 1. The van der Waals surface area contributed by atoms with Gasteiger partial charge in [-0.05, 0) is 23.8 Å². The number of aliphatic carboxylic acids is 1. The van der Waals surface area contributed by atoms with Gasteiger partial charge in [-0.1, -0.05) is 42.1 Å². The van der Waals surface area contributed by atoms with E-state index in [1.54, 1.807) is 42.5 Å². The molecule has 1 aliphatic rings. The molecule has 1 amide bonds. The first-order valence-corrected chi connectivity index (χ1v) is 10.0. The van der Waals surface area contributed by atoms with Gasteiger partial charge in [0, 0.05) is 5.56 Å².